The van der Waals surface area contributed by atoms with Crippen molar-refractivity contribution in [3.05, 3.63) is 89.7 Å². The number of pyridine rings is 1. The molecular formula is C22H19N3O3. The average Bonchev–Trinajstić information content (AvgIpc) is 3.17. The van der Waals surface area contributed by atoms with Crippen molar-refractivity contribution in [3.8, 4) is 5.75 Å². The van der Waals surface area contributed by atoms with Gasteiger partial charge in [0.05, 0.1) is 0 Å². The third kappa shape index (κ3) is 4.01. The van der Waals surface area contributed by atoms with E-state index in [1.165, 1.54) is 0 Å². The lowest BCUT2D eigenvalue weighted by atomic mass is 10.1. The van der Waals surface area contributed by atoms with Gasteiger partial charge in [-0.2, -0.15) is 0 Å². The molecule has 1 aliphatic rings. The fourth-order valence-corrected chi connectivity index (χ4v) is 3.10. The molecule has 6 nitrogen and oxygen atoms in total. The number of rotatable bonds is 5. The van der Waals surface area contributed by atoms with Crippen molar-refractivity contribution >= 4 is 17.5 Å². The summed E-state index contributed by atoms with van der Waals surface area (Å²) in [6.07, 6.45) is 3.21. The summed E-state index contributed by atoms with van der Waals surface area (Å²) in [6.45, 7) is 0.355. The maximum absolute atomic E-state index is 12.4. The van der Waals surface area contributed by atoms with Crippen LogP contribution in [0, 0.1) is 0 Å². The molecule has 0 bridgehead atoms. The number of nitrogens with zero attached hydrogens (tertiary/aromatic N) is 1. The van der Waals surface area contributed by atoms with Gasteiger partial charge in [-0.05, 0) is 41.5 Å². The van der Waals surface area contributed by atoms with Gasteiger partial charge in [-0.15, -0.1) is 0 Å². The standard InChI is InChI=1S/C22H19N3O3/c26-21(16-8-10-23-11-9-16)25-18-6-3-4-15(12-18)14-24-22(27)20-13-17-5-1-2-7-19(17)28-20/h1-12,20H,13-14H2,(H,24,27)(H,25,26). The van der Waals surface area contributed by atoms with Crippen LogP contribution >= 0.6 is 0 Å². The van der Waals surface area contributed by atoms with E-state index in [0.717, 1.165) is 16.9 Å². The molecule has 2 amide bonds. The molecule has 0 saturated carbocycles. The number of amides is 2. The predicted molar refractivity (Wildman–Crippen MR) is 105 cm³/mol. The molecule has 1 unspecified atom stereocenters. The van der Waals surface area contributed by atoms with E-state index in [4.69, 9.17) is 4.74 Å². The minimum Gasteiger partial charge on any atom is -0.480 e. The molecule has 2 N–H and O–H groups in total. The molecule has 28 heavy (non-hydrogen) atoms. The zero-order valence-electron chi connectivity index (χ0n) is 15.1. The molecule has 3 aromatic rings. The van der Waals surface area contributed by atoms with Crippen LogP contribution in [0.2, 0.25) is 0 Å². The van der Waals surface area contributed by atoms with Gasteiger partial charge < -0.3 is 15.4 Å². The van der Waals surface area contributed by atoms with Crippen molar-refractivity contribution in [2.75, 3.05) is 5.32 Å². The van der Waals surface area contributed by atoms with Gasteiger partial charge in [0, 0.05) is 36.6 Å². The quantitative estimate of drug-likeness (QED) is 0.721. The average molecular weight is 373 g/mol. The monoisotopic (exact) mass is 373 g/mol. The van der Waals surface area contributed by atoms with E-state index in [2.05, 4.69) is 15.6 Å². The summed E-state index contributed by atoms with van der Waals surface area (Å²) in [6, 6.07) is 18.4. The highest BCUT2D eigenvalue weighted by Gasteiger charge is 2.28. The molecule has 0 saturated heterocycles. The lowest BCUT2D eigenvalue weighted by molar-refractivity contribution is -0.127. The zero-order chi connectivity index (χ0) is 19.3. The Balaban J connectivity index is 1.34. The van der Waals surface area contributed by atoms with Gasteiger partial charge in [0.2, 0.25) is 0 Å². The molecule has 2 aromatic carbocycles. The van der Waals surface area contributed by atoms with E-state index in [1.807, 2.05) is 42.5 Å². The molecule has 0 fully saturated rings. The molecule has 2 heterocycles. The normalized spacial score (nSPS) is 14.6. The summed E-state index contributed by atoms with van der Waals surface area (Å²) in [5.74, 6) is 0.409. The van der Waals surface area contributed by atoms with Crippen LogP contribution < -0.4 is 15.4 Å². The molecule has 1 aromatic heterocycles. The molecule has 1 atom stereocenters. The Bertz CT molecular complexity index is 980. The van der Waals surface area contributed by atoms with Crippen molar-refractivity contribution in [1.29, 1.82) is 0 Å². The Morgan fingerprint density at radius 1 is 1.04 bits per heavy atom. The van der Waals surface area contributed by atoms with E-state index >= 15 is 0 Å². The summed E-state index contributed by atoms with van der Waals surface area (Å²) < 4.78 is 5.71. The Morgan fingerprint density at radius 2 is 1.86 bits per heavy atom. The van der Waals surface area contributed by atoms with Crippen LogP contribution in [0.1, 0.15) is 21.5 Å². The maximum Gasteiger partial charge on any atom is 0.261 e. The van der Waals surface area contributed by atoms with Crippen LogP contribution in [0.5, 0.6) is 5.75 Å². The number of para-hydroxylation sites is 1. The van der Waals surface area contributed by atoms with Gasteiger partial charge in [-0.1, -0.05) is 30.3 Å². The fourth-order valence-electron chi connectivity index (χ4n) is 3.10. The molecule has 0 radical (unpaired) electrons. The van der Waals surface area contributed by atoms with Crippen LogP contribution in [0.25, 0.3) is 0 Å². The Labute approximate surface area is 162 Å². The number of ether oxygens (including phenoxy) is 1. The van der Waals surface area contributed by atoms with Crippen LogP contribution in [-0.4, -0.2) is 22.9 Å². The lowest BCUT2D eigenvalue weighted by Gasteiger charge is -2.12. The van der Waals surface area contributed by atoms with Crippen molar-refractivity contribution in [1.82, 2.24) is 10.3 Å². The van der Waals surface area contributed by atoms with Gasteiger partial charge in [-0.3, -0.25) is 14.6 Å². The van der Waals surface area contributed by atoms with E-state index in [0.29, 0.717) is 24.2 Å². The van der Waals surface area contributed by atoms with Crippen LogP contribution in [0.3, 0.4) is 0 Å². The minimum absolute atomic E-state index is 0.151. The Kier molecular flexibility index (Phi) is 5.01. The number of aromatic nitrogens is 1. The van der Waals surface area contributed by atoms with Crippen molar-refractivity contribution in [2.24, 2.45) is 0 Å². The van der Waals surface area contributed by atoms with Crippen molar-refractivity contribution < 1.29 is 14.3 Å². The minimum atomic E-state index is -0.507. The predicted octanol–water partition coefficient (Wildman–Crippen LogP) is 2.95. The molecule has 0 spiro atoms. The Morgan fingerprint density at radius 3 is 2.68 bits per heavy atom. The van der Waals surface area contributed by atoms with Gasteiger partial charge in [0.25, 0.3) is 11.8 Å². The number of carbonyl (C=O) groups excluding carboxylic acids is 2. The third-order valence-electron chi connectivity index (χ3n) is 4.53. The van der Waals surface area contributed by atoms with Crippen molar-refractivity contribution in [2.45, 2.75) is 19.1 Å². The van der Waals surface area contributed by atoms with Gasteiger partial charge >= 0.3 is 0 Å². The highest BCUT2D eigenvalue weighted by molar-refractivity contribution is 6.04. The Hall–Kier alpha value is -3.67. The second-order valence-corrected chi connectivity index (χ2v) is 6.53. The smallest absolute Gasteiger partial charge is 0.261 e. The van der Waals surface area contributed by atoms with Gasteiger partial charge in [-0.25, -0.2) is 0 Å². The SMILES string of the molecule is O=C(Nc1cccc(CNC(=O)C2Cc3ccccc3O2)c1)c1ccncc1. The fraction of sp³-hybridized carbons (Fsp3) is 0.136. The molecule has 140 valence electrons. The number of hydrogen-bond donors (Lipinski definition) is 2. The first-order chi connectivity index (χ1) is 13.7. The van der Waals surface area contributed by atoms with E-state index in [1.54, 1.807) is 30.6 Å². The topological polar surface area (TPSA) is 80.3 Å². The highest BCUT2D eigenvalue weighted by atomic mass is 16.5. The van der Waals surface area contributed by atoms with Crippen molar-refractivity contribution in [3.63, 3.8) is 0 Å². The summed E-state index contributed by atoms with van der Waals surface area (Å²) in [5.41, 5.74) is 3.13. The maximum atomic E-state index is 12.4. The summed E-state index contributed by atoms with van der Waals surface area (Å²) in [7, 11) is 0. The first-order valence-electron chi connectivity index (χ1n) is 9.01. The number of fused-ring (bicyclic) bond motifs is 1. The number of nitrogens with one attached hydrogen (secondary N) is 2. The number of anilines is 1. The second-order valence-electron chi connectivity index (χ2n) is 6.53. The van der Waals surface area contributed by atoms with Gasteiger partial charge in [0.1, 0.15) is 5.75 Å². The summed E-state index contributed by atoms with van der Waals surface area (Å²) >= 11 is 0. The third-order valence-corrected chi connectivity index (χ3v) is 4.53. The van der Waals surface area contributed by atoms with E-state index < -0.39 is 6.10 Å². The molecule has 1 aliphatic heterocycles. The first-order valence-corrected chi connectivity index (χ1v) is 9.01. The van der Waals surface area contributed by atoms with Gasteiger partial charge in [0.15, 0.2) is 6.10 Å². The second kappa shape index (κ2) is 7.92. The summed E-state index contributed by atoms with van der Waals surface area (Å²) in [4.78, 5) is 28.6. The first kappa shape index (κ1) is 17.7. The largest absolute Gasteiger partial charge is 0.480 e. The van der Waals surface area contributed by atoms with Crippen LogP contribution in [-0.2, 0) is 17.8 Å². The molecular weight excluding hydrogens is 354 g/mol. The lowest BCUT2D eigenvalue weighted by Crippen LogP contribution is -2.37. The van der Waals surface area contributed by atoms with Crippen LogP contribution in [0.15, 0.2) is 73.1 Å². The summed E-state index contributed by atoms with van der Waals surface area (Å²) in [5, 5.41) is 5.75. The number of benzene rings is 2. The number of hydrogen-bond acceptors (Lipinski definition) is 4. The highest BCUT2D eigenvalue weighted by Crippen LogP contribution is 2.28. The number of carbonyl (C=O) groups is 2. The van der Waals surface area contributed by atoms with E-state index in [-0.39, 0.29) is 11.8 Å². The molecule has 0 aliphatic carbocycles. The zero-order valence-corrected chi connectivity index (χ0v) is 15.1. The molecule has 6 heteroatoms. The molecule has 4 rings (SSSR count). The van der Waals surface area contributed by atoms with Crippen LogP contribution in [0.4, 0.5) is 5.69 Å². The van der Waals surface area contributed by atoms with E-state index in [9.17, 15) is 9.59 Å².